The summed E-state index contributed by atoms with van der Waals surface area (Å²) in [5, 5.41) is 16.0. The van der Waals surface area contributed by atoms with Gasteiger partial charge in [-0.15, -0.1) is 0 Å². The first-order valence-corrected chi connectivity index (χ1v) is 6.02. The van der Waals surface area contributed by atoms with Gasteiger partial charge in [0.25, 0.3) is 0 Å². The zero-order chi connectivity index (χ0) is 12.3. The molecule has 88 valence electrons. The van der Waals surface area contributed by atoms with Crippen LogP contribution in [-0.4, -0.2) is 20.8 Å². The van der Waals surface area contributed by atoms with Crippen LogP contribution in [0.2, 0.25) is 0 Å². The van der Waals surface area contributed by atoms with Crippen LogP contribution in [0.4, 0.5) is 0 Å². The van der Waals surface area contributed by atoms with Crippen molar-refractivity contribution in [2.24, 2.45) is 10.9 Å². The smallest absolute Gasteiger partial charge is 0.170 e. The van der Waals surface area contributed by atoms with E-state index in [1.165, 1.54) is 0 Å². The second-order valence-corrected chi connectivity index (χ2v) is 4.74. The highest BCUT2D eigenvalue weighted by atomic mass is 127. The number of halogens is 1. The third-order valence-electron chi connectivity index (χ3n) is 2.34. The lowest BCUT2D eigenvalue weighted by molar-refractivity contribution is 0.318. The minimum absolute atomic E-state index is 0.113. The van der Waals surface area contributed by atoms with E-state index in [1.54, 1.807) is 6.20 Å². The molecule has 0 atom stereocenters. The van der Waals surface area contributed by atoms with Crippen LogP contribution in [0.3, 0.4) is 0 Å². The Hall–Kier alpha value is -1.57. The lowest BCUT2D eigenvalue weighted by Crippen LogP contribution is -2.16. The molecule has 5 nitrogen and oxygen atoms in total. The first-order chi connectivity index (χ1) is 8.20. The molecule has 6 heteroatoms. The molecule has 2 rings (SSSR count). The normalized spacial score (nSPS) is 11.7. The lowest BCUT2D eigenvalue weighted by atomic mass is 10.1. The van der Waals surface area contributed by atoms with Crippen LogP contribution in [0.25, 0.3) is 0 Å². The molecule has 0 aliphatic carbocycles. The Morgan fingerprint density at radius 3 is 2.88 bits per heavy atom. The fourth-order valence-electron chi connectivity index (χ4n) is 1.56. The van der Waals surface area contributed by atoms with Crippen molar-refractivity contribution in [3.8, 4) is 0 Å². The average molecular weight is 342 g/mol. The molecule has 0 amide bonds. The molecule has 1 heterocycles. The van der Waals surface area contributed by atoms with Crippen LogP contribution in [0.5, 0.6) is 0 Å². The van der Waals surface area contributed by atoms with E-state index in [4.69, 9.17) is 10.9 Å². The molecule has 2 aromatic rings. The summed E-state index contributed by atoms with van der Waals surface area (Å²) in [6.45, 7) is 0.593. The summed E-state index contributed by atoms with van der Waals surface area (Å²) in [5.41, 5.74) is 7.31. The maximum absolute atomic E-state index is 8.72. The molecule has 0 spiro atoms. The highest BCUT2D eigenvalue weighted by Gasteiger charge is 2.07. The summed E-state index contributed by atoms with van der Waals surface area (Å²) in [7, 11) is 0. The third-order valence-corrected chi connectivity index (χ3v) is 2.89. The number of benzene rings is 1. The van der Waals surface area contributed by atoms with Crippen LogP contribution >= 0.6 is 22.6 Å². The van der Waals surface area contributed by atoms with Gasteiger partial charge in [-0.3, -0.25) is 4.68 Å². The maximum atomic E-state index is 8.72. The fraction of sp³-hybridized carbons (Fsp3) is 0.0909. The number of nitrogens with zero attached hydrogens (tertiary/aromatic N) is 3. The van der Waals surface area contributed by atoms with Gasteiger partial charge < -0.3 is 10.9 Å². The summed E-state index contributed by atoms with van der Waals surface area (Å²) in [6, 6.07) is 7.52. The number of aromatic nitrogens is 2. The van der Waals surface area contributed by atoms with Crippen molar-refractivity contribution in [1.82, 2.24) is 9.78 Å². The van der Waals surface area contributed by atoms with Crippen LogP contribution in [0.15, 0.2) is 41.8 Å². The predicted octanol–water partition coefficient (Wildman–Crippen LogP) is 1.63. The maximum Gasteiger partial charge on any atom is 0.170 e. The van der Waals surface area contributed by atoms with Crippen molar-refractivity contribution >= 4 is 28.4 Å². The van der Waals surface area contributed by atoms with Crippen molar-refractivity contribution < 1.29 is 5.21 Å². The monoisotopic (exact) mass is 342 g/mol. The average Bonchev–Trinajstić information content (AvgIpc) is 2.74. The molecule has 0 saturated carbocycles. The Morgan fingerprint density at radius 1 is 1.47 bits per heavy atom. The molecular weight excluding hydrogens is 331 g/mol. The molecule has 0 aliphatic rings. The molecule has 17 heavy (non-hydrogen) atoms. The fourth-order valence-corrected chi connectivity index (χ4v) is 2.01. The number of hydrogen-bond acceptors (Lipinski definition) is 3. The number of amidine groups is 1. The van der Waals surface area contributed by atoms with Gasteiger partial charge in [-0.2, -0.15) is 5.10 Å². The Balaban J connectivity index is 2.32. The number of rotatable bonds is 3. The van der Waals surface area contributed by atoms with Gasteiger partial charge in [-0.1, -0.05) is 29.4 Å². The Bertz CT molecular complexity index is 550. The highest BCUT2D eigenvalue weighted by molar-refractivity contribution is 14.1. The van der Waals surface area contributed by atoms with Crippen molar-refractivity contribution in [3.05, 3.63) is 51.4 Å². The summed E-state index contributed by atoms with van der Waals surface area (Å²) in [6.07, 6.45) is 3.72. The van der Waals surface area contributed by atoms with E-state index in [0.29, 0.717) is 6.54 Å². The molecule has 1 aromatic carbocycles. The molecule has 0 aliphatic heterocycles. The van der Waals surface area contributed by atoms with Gasteiger partial charge in [-0.25, -0.2) is 0 Å². The van der Waals surface area contributed by atoms with E-state index in [-0.39, 0.29) is 5.84 Å². The molecule has 3 N–H and O–H groups in total. The van der Waals surface area contributed by atoms with Crippen molar-refractivity contribution in [2.75, 3.05) is 0 Å². The van der Waals surface area contributed by atoms with Gasteiger partial charge in [0, 0.05) is 11.8 Å². The first kappa shape index (κ1) is 11.9. The van der Waals surface area contributed by atoms with Gasteiger partial charge in [0.05, 0.1) is 16.3 Å². The molecular formula is C11H11IN4O. The molecule has 0 unspecified atom stereocenters. The van der Waals surface area contributed by atoms with E-state index >= 15 is 0 Å². The lowest BCUT2D eigenvalue weighted by Gasteiger charge is -2.07. The second-order valence-electron chi connectivity index (χ2n) is 3.50. The molecule has 0 bridgehead atoms. The molecule has 0 saturated heterocycles. The summed E-state index contributed by atoms with van der Waals surface area (Å²) in [5.74, 6) is 0.113. The van der Waals surface area contributed by atoms with E-state index < -0.39 is 0 Å². The molecule has 0 radical (unpaired) electrons. The van der Waals surface area contributed by atoms with E-state index in [2.05, 4.69) is 32.8 Å². The van der Waals surface area contributed by atoms with Crippen LogP contribution in [0, 0.1) is 3.57 Å². The Morgan fingerprint density at radius 2 is 2.24 bits per heavy atom. The van der Waals surface area contributed by atoms with E-state index in [9.17, 15) is 0 Å². The minimum Gasteiger partial charge on any atom is -0.409 e. The minimum atomic E-state index is 0.113. The van der Waals surface area contributed by atoms with Gasteiger partial charge in [0.15, 0.2) is 5.84 Å². The zero-order valence-electron chi connectivity index (χ0n) is 8.92. The summed E-state index contributed by atoms with van der Waals surface area (Å²) < 4.78 is 2.88. The molecule has 0 fully saturated rings. The highest BCUT2D eigenvalue weighted by Crippen LogP contribution is 2.11. The van der Waals surface area contributed by atoms with Gasteiger partial charge in [0.1, 0.15) is 0 Å². The standard InChI is InChI=1S/C11H11IN4O/c12-9-5-14-16(7-9)6-8-3-1-2-4-10(8)11(13)15-17/h1-5,7,17H,6H2,(H2,13,15). The molecule has 1 aromatic heterocycles. The second kappa shape index (κ2) is 5.17. The van der Waals surface area contributed by atoms with Crippen LogP contribution in [-0.2, 0) is 6.54 Å². The Labute approximate surface area is 112 Å². The SMILES string of the molecule is NC(=NO)c1ccccc1Cn1cc(I)cn1. The van der Waals surface area contributed by atoms with Crippen LogP contribution < -0.4 is 5.73 Å². The van der Waals surface area contributed by atoms with E-state index in [1.807, 2.05) is 35.1 Å². The van der Waals surface area contributed by atoms with Gasteiger partial charge in [-0.05, 0) is 28.2 Å². The van der Waals surface area contributed by atoms with Gasteiger partial charge in [0.2, 0.25) is 0 Å². The predicted molar refractivity (Wildman–Crippen MR) is 73.0 cm³/mol. The quantitative estimate of drug-likeness (QED) is 0.293. The summed E-state index contributed by atoms with van der Waals surface area (Å²) >= 11 is 2.20. The van der Waals surface area contributed by atoms with E-state index in [0.717, 1.165) is 14.7 Å². The first-order valence-electron chi connectivity index (χ1n) is 4.94. The van der Waals surface area contributed by atoms with Crippen molar-refractivity contribution in [3.63, 3.8) is 0 Å². The Kier molecular flexibility index (Phi) is 3.62. The van der Waals surface area contributed by atoms with Crippen molar-refractivity contribution in [1.29, 1.82) is 0 Å². The number of hydrogen-bond donors (Lipinski definition) is 2. The van der Waals surface area contributed by atoms with Crippen molar-refractivity contribution in [2.45, 2.75) is 6.54 Å². The zero-order valence-corrected chi connectivity index (χ0v) is 11.1. The van der Waals surface area contributed by atoms with Gasteiger partial charge >= 0.3 is 0 Å². The summed E-state index contributed by atoms with van der Waals surface area (Å²) in [4.78, 5) is 0. The number of oxime groups is 1. The topological polar surface area (TPSA) is 76.4 Å². The third kappa shape index (κ3) is 2.76. The number of nitrogens with two attached hydrogens (primary N) is 1. The van der Waals surface area contributed by atoms with Crippen LogP contribution in [0.1, 0.15) is 11.1 Å². The largest absolute Gasteiger partial charge is 0.409 e.